The first kappa shape index (κ1) is 17.8. The molecule has 6 nitrogen and oxygen atoms in total. The summed E-state index contributed by atoms with van der Waals surface area (Å²) in [6, 6.07) is 12.8. The lowest BCUT2D eigenvalue weighted by atomic mass is 10.1. The summed E-state index contributed by atoms with van der Waals surface area (Å²) >= 11 is 0. The quantitative estimate of drug-likeness (QED) is 0.752. The van der Waals surface area contributed by atoms with Crippen molar-refractivity contribution in [1.82, 2.24) is 9.29 Å². The highest BCUT2D eigenvalue weighted by atomic mass is 32.2. The molecule has 1 aromatic heterocycles. The van der Waals surface area contributed by atoms with Gasteiger partial charge in [0.25, 0.3) is 0 Å². The Morgan fingerprint density at radius 2 is 1.85 bits per heavy atom. The van der Waals surface area contributed by atoms with Crippen molar-refractivity contribution in [3.05, 3.63) is 59.3 Å². The fraction of sp³-hybridized carbons (Fsp3) is 0.250. The minimum Gasteiger partial charge on any atom is -0.348 e. The summed E-state index contributed by atoms with van der Waals surface area (Å²) in [6.45, 7) is 2.25. The molecule has 0 radical (unpaired) electrons. The number of amides is 1. The van der Waals surface area contributed by atoms with Crippen LogP contribution in [-0.2, 0) is 34.8 Å². The van der Waals surface area contributed by atoms with E-state index in [1.54, 1.807) is 30.1 Å². The molecule has 1 amide bonds. The molecule has 0 bridgehead atoms. The molecule has 1 N–H and O–H groups in total. The molecule has 2 aromatic carbocycles. The third kappa shape index (κ3) is 3.02. The number of hydrogen-bond donors (Lipinski definition) is 1. The number of nitrogens with one attached hydrogen (secondary N) is 1. The normalized spacial score (nSPS) is 14.2. The summed E-state index contributed by atoms with van der Waals surface area (Å²) in [5.41, 5.74) is 4.68. The molecule has 7 heteroatoms. The highest BCUT2D eigenvalue weighted by Crippen LogP contribution is 2.29. The van der Waals surface area contributed by atoms with Crippen molar-refractivity contribution in [2.24, 2.45) is 7.05 Å². The van der Waals surface area contributed by atoms with Crippen molar-refractivity contribution in [2.45, 2.75) is 24.8 Å². The van der Waals surface area contributed by atoms with Crippen molar-refractivity contribution < 1.29 is 13.2 Å². The number of anilines is 1. The van der Waals surface area contributed by atoms with E-state index >= 15 is 0 Å². The van der Waals surface area contributed by atoms with E-state index in [4.69, 9.17) is 0 Å². The predicted octanol–water partition coefficient (Wildman–Crippen LogP) is 2.48. The topological polar surface area (TPSA) is 71.4 Å². The van der Waals surface area contributed by atoms with Crippen LogP contribution >= 0.6 is 0 Å². The fourth-order valence-corrected chi connectivity index (χ4v) is 4.59. The van der Waals surface area contributed by atoms with Crippen LogP contribution in [0.25, 0.3) is 10.9 Å². The van der Waals surface area contributed by atoms with E-state index in [1.165, 1.54) is 0 Å². The number of carbonyl (C=O) groups is 1. The highest BCUT2D eigenvalue weighted by Gasteiger charge is 2.26. The van der Waals surface area contributed by atoms with Crippen LogP contribution in [-0.4, -0.2) is 25.9 Å². The van der Waals surface area contributed by atoms with Crippen LogP contribution in [0.2, 0.25) is 0 Å². The molecule has 0 aliphatic carbocycles. The van der Waals surface area contributed by atoms with Gasteiger partial charge in [0.1, 0.15) is 0 Å². The Balaban J connectivity index is 1.56. The van der Waals surface area contributed by atoms with E-state index in [0.717, 1.165) is 33.4 Å². The van der Waals surface area contributed by atoms with Crippen LogP contribution < -0.4 is 9.62 Å². The Labute approximate surface area is 158 Å². The number of sulfonamides is 1. The monoisotopic (exact) mass is 383 g/mol. The van der Waals surface area contributed by atoms with E-state index in [9.17, 15) is 13.2 Å². The van der Waals surface area contributed by atoms with E-state index < -0.39 is 10.0 Å². The molecule has 4 rings (SSSR count). The van der Waals surface area contributed by atoms with Gasteiger partial charge in [-0.25, -0.2) is 13.1 Å². The summed E-state index contributed by atoms with van der Waals surface area (Å²) in [4.78, 5) is 13.5. The summed E-state index contributed by atoms with van der Waals surface area (Å²) in [7, 11) is 0.0502. The predicted molar refractivity (Wildman–Crippen MR) is 105 cm³/mol. The molecule has 0 fully saturated rings. The van der Waals surface area contributed by atoms with Crippen molar-refractivity contribution in [1.29, 1.82) is 0 Å². The van der Waals surface area contributed by atoms with Gasteiger partial charge in [-0.15, -0.1) is 0 Å². The maximum atomic E-state index is 12.7. The van der Waals surface area contributed by atoms with Crippen molar-refractivity contribution in [3.63, 3.8) is 0 Å². The maximum Gasteiger partial charge on any atom is 0.240 e. The molecule has 1 aliphatic rings. The lowest BCUT2D eigenvalue weighted by molar-refractivity contribution is -0.117. The number of benzene rings is 2. The van der Waals surface area contributed by atoms with Crippen LogP contribution in [0.5, 0.6) is 0 Å². The van der Waals surface area contributed by atoms with Crippen LogP contribution in [0, 0.1) is 6.92 Å². The maximum absolute atomic E-state index is 12.7. The zero-order valence-electron chi connectivity index (χ0n) is 15.5. The summed E-state index contributed by atoms with van der Waals surface area (Å²) < 4.78 is 30.1. The van der Waals surface area contributed by atoms with Gasteiger partial charge in [0.05, 0.1) is 11.3 Å². The van der Waals surface area contributed by atoms with Gasteiger partial charge in [0, 0.05) is 42.9 Å². The standard InChI is InChI=1S/C20H21N3O3S/c1-13-8-15-9-14(4-6-18(15)22(13)2)12-21-27(25,26)17-5-7-19-16(10-17)11-20(24)23(19)3/h4-10,21H,11-12H2,1-3H3. The number of aryl methyl sites for hydroxylation is 2. The Morgan fingerprint density at radius 1 is 1.07 bits per heavy atom. The Morgan fingerprint density at radius 3 is 2.63 bits per heavy atom. The minimum absolute atomic E-state index is 0.0287. The van der Waals surface area contributed by atoms with Gasteiger partial charge in [0.2, 0.25) is 15.9 Å². The Kier molecular flexibility index (Phi) is 4.09. The van der Waals surface area contributed by atoms with E-state index in [1.807, 2.05) is 32.2 Å². The molecule has 3 aromatic rings. The third-order valence-electron chi connectivity index (χ3n) is 5.25. The molecule has 0 saturated heterocycles. The second kappa shape index (κ2) is 6.21. The molecule has 2 heterocycles. The van der Waals surface area contributed by atoms with Gasteiger partial charge in [-0.05, 0) is 54.4 Å². The van der Waals surface area contributed by atoms with E-state index in [-0.39, 0.29) is 23.8 Å². The van der Waals surface area contributed by atoms with E-state index in [2.05, 4.69) is 15.4 Å². The number of nitrogens with zero attached hydrogens (tertiary/aromatic N) is 2. The van der Waals surface area contributed by atoms with Gasteiger partial charge in [0.15, 0.2) is 0 Å². The van der Waals surface area contributed by atoms with Crippen molar-refractivity contribution in [3.8, 4) is 0 Å². The fourth-order valence-electron chi connectivity index (χ4n) is 3.52. The lowest BCUT2D eigenvalue weighted by Gasteiger charge is -2.11. The third-order valence-corrected chi connectivity index (χ3v) is 6.65. The molecule has 0 atom stereocenters. The van der Waals surface area contributed by atoms with Gasteiger partial charge in [-0.2, -0.15) is 0 Å². The van der Waals surface area contributed by atoms with Crippen molar-refractivity contribution in [2.75, 3.05) is 11.9 Å². The first-order valence-electron chi connectivity index (χ1n) is 8.70. The number of aromatic nitrogens is 1. The molecule has 0 saturated carbocycles. The lowest BCUT2D eigenvalue weighted by Crippen LogP contribution is -2.23. The van der Waals surface area contributed by atoms with Crippen LogP contribution in [0.1, 0.15) is 16.8 Å². The molecule has 27 heavy (non-hydrogen) atoms. The molecular weight excluding hydrogens is 362 g/mol. The summed E-state index contributed by atoms with van der Waals surface area (Å²) in [6.07, 6.45) is 0.235. The van der Waals surface area contributed by atoms with E-state index in [0.29, 0.717) is 0 Å². The molecule has 140 valence electrons. The SMILES string of the molecule is Cc1cc2cc(CNS(=O)(=O)c3ccc4c(c3)CC(=O)N4C)ccc2n1C. The summed E-state index contributed by atoms with van der Waals surface area (Å²) in [5.74, 6) is -0.0287. The molecule has 0 unspecified atom stereocenters. The van der Waals surface area contributed by atoms with Crippen LogP contribution in [0.3, 0.4) is 0 Å². The highest BCUT2D eigenvalue weighted by molar-refractivity contribution is 7.89. The number of likely N-dealkylation sites (N-methyl/N-ethyl adjacent to an activating group) is 1. The second-order valence-electron chi connectivity index (χ2n) is 6.98. The number of rotatable bonds is 4. The molecule has 0 spiro atoms. The first-order valence-corrected chi connectivity index (χ1v) is 10.2. The van der Waals surface area contributed by atoms with Crippen molar-refractivity contribution >= 4 is 32.5 Å². The second-order valence-corrected chi connectivity index (χ2v) is 8.75. The zero-order valence-corrected chi connectivity index (χ0v) is 16.3. The smallest absolute Gasteiger partial charge is 0.240 e. The number of fused-ring (bicyclic) bond motifs is 2. The average Bonchev–Trinajstić information content (AvgIpc) is 3.08. The first-order chi connectivity index (χ1) is 12.8. The van der Waals surface area contributed by atoms with Gasteiger partial charge in [-0.1, -0.05) is 6.07 Å². The number of hydrogen-bond acceptors (Lipinski definition) is 3. The van der Waals surface area contributed by atoms with Gasteiger partial charge in [-0.3, -0.25) is 4.79 Å². The van der Waals surface area contributed by atoms with Gasteiger partial charge >= 0.3 is 0 Å². The number of carbonyl (C=O) groups excluding carboxylic acids is 1. The molecule has 1 aliphatic heterocycles. The minimum atomic E-state index is -3.66. The largest absolute Gasteiger partial charge is 0.348 e. The Bertz CT molecular complexity index is 1180. The zero-order chi connectivity index (χ0) is 19.3. The summed E-state index contributed by atoms with van der Waals surface area (Å²) in [5, 5.41) is 1.09. The van der Waals surface area contributed by atoms with Crippen LogP contribution in [0.15, 0.2) is 47.4 Å². The molecular formula is C20H21N3O3S. The average molecular weight is 383 g/mol. The van der Waals surface area contributed by atoms with Gasteiger partial charge < -0.3 is 9.47 Å². The Hall–Kier alpha value is -2.64. The van der Waals surface area contributed by atoms with Crippen LogP contribution in [0.4, 0.5) is 5.69 Å².